The Hall–Kier alpha value is 0.0769. The van der Waals surface area contributed by atoms with Crippen molar-refractivity contribution in [2.24, 2.45) is 0 Å². The van der Waals surface area contributed by atoms with E-state index in [4.69, 9.17) is 4.43 Å². The quantitative estimate of drug-likeness (QED) is 0.231. The molecule has 1 N–H and O–H groups in total. The highest BCUT2D eigenvalue weighted by Crippen LogP contribution is 2.40. The average molecular weight is 464 g/mol. The number of halogens is 1. The lowest BCUT2D eigenvalue weighted by Crippen LogP contribution is -2.42. The number of nitrogens with zero attached hydrogens (tertiary/aromatic N) is 1. The molecule has 0 aliphatic heterocycles. The lowest BCUT2D eigenvalue weighted by Gasteiger charge is -2.39. The van der Waals surface area contributed by atoms with Gasteiger partial charge in [0.25, 0.3) is 0 Å². The molecule has 1 rings (SSSR count). The van der Waals surface area contributed by atoms with Gasteiger partial charge in [0.05, 0.1) is 11.8 Å². The van der Waals surface area contributed by atoms with Crippen LogP contribution in [0.3, 0.4) is 0 Å². The second-order valence-corrected chi connectivity index (χ2v) is 16.8. The molecule has 7 heteroatoms. The number of rotatable bonds is 8. The van der Waals surface area contributed by atoms with E-state index in [1.165, 1.54) is 0 Å². The maximum Gasteiger partial charge on any atom is 0.192 e. The fraction of sp³-hybridized carbons (Fsp3) is 0.737. The van der Waals surface area contributed by atoms with E-state index >= 15 is 0 Å². The van der Waals surface area contributed by atoms with Gasteiger partial charge in [0.15, 0.2) is 8.32 Å². The zero-order chi connectivity index (χ0) is 20.2. The van der Waals surface area contributed by atoms with Crippen molar-refractivity contribution in [3.63, 3.8) is 0 Å². The summed E-state index contributed by atoms with van der Waals surface area (Å²) in [6.45, 7) is 17.9. The third kappa shape index (κ3) is 7.60. The minimum atomic E-state index is -1.92. The maximum absolute atomic E-state index is 12.1. The Morgan fingerprint density at radius 3 is 2.35 bits per heavy atom. The molecule has 2 atom stereocenters. The first-order valence-corrected chi connectivity index (χ1v) is 14.0. The fourth-order valence-corrected chi connectivity index (χ4v) is 4.50. The van der Waals surface area contributed by atoms with E-state index in [1.54, 1.807) is 0 Å². The van der Waals surface area contributed by atoms with Gasteiger partial charge in [-0.2, -0.15) is 0 Å². The molecular formula is C19H35BrN2O2SSi. The van der Waals surface area contributed by atoms with Crippen molar-refractivity contribution in [2.75, 3.05) is 6.54 Å². The van der Waals surface area contributed by atoms with Crippen LogP contribution in [0, 0.1) is 0 Å². The van der Waals surface area contributed by atoms with Gasteiger partial charge < -0.3 is 8.98 Å². The Balaban J connectivity index is 2.80. The van der Waals surface area contributed by atoms with Crippen molar-refractivity contribution in [1.29, 1.82) is 0 Å². The Morgan fingerprint density at radius 2 is 1.85 bits per heavy atom. The highest BCUT2D eigenvalue weighted by atomic mass is 79.9. The zero-order valence-electron chi connectivity index (χ0n) is 17.5. The van der Waals surface area contributed by atoms with Crippen molar-refractivity contribution in [3.05, 3.63) is 28.5 Å². The average Bonchev–Trinajstić information content (AvgIpc) is 2.47. The lowest BCUT2D eigenvalue weighted by molar-refractivity contribution is 0.166. The number of aromatic nitrogens is 1. The SMILES string of the molecule is CC(C)(C)[S+]([O-])NCCC[C@H](O[Si](C)(C)C(C)(C)C)c1cccc(Br)n1. The summed E-state index contributed by atoms with van der Waals surface area (Å²) in [4.78, 5) is 4.63. The topological polar surface area (TPSA) is 57.2 Å². The van der Waals surface area contributed by atoms with Crippen LogP contribution in [0.15, 0.2) is 22.8 Å². The predicted octanol–water partition coefficient (Wildman–Crippen LogP) is 5.74. The molecule has 0 bridgehead atoms. The summed E-state index contributed by atoms with van der Waals surface area (Å²) >= 11 is 2.43. The van der Waals surface area contributed by atoms with Crippen LogP contribution in [0.2, 0.25) is 18.1 Å². The molecule has 1 heterocycles. The van der Waals surface area contributed by atoms with Crippen molar-refractivity contribution in [3.8, 4) is 0 Å². The van der Waals surface area contributed by atoms with Gasteiger partial charge in [-0.3, -0.25) is 0 Å². The molecule has 150 valence electrons. The smallest absolute Gasteiger partial charge is 0.192 e. The first-order chi connectivity index (χ1) is 11.7. The Kier molecular flexibility index (Phi) is 8.83. The van der Waals surface area contributed by atoms with Crippen LogP contribution in [0.4, 0.5) is 0 Å². The molecule has 4 nitrogen and oxygen atoms in total. The van der Waals surface area contributed by atoms with Crippen LogP contribution >= 0.6 is 15.9 Å². The molecule has 0 aliphatic rings. The van der Waals surface area contributed by atoms with Crippen molar-refractivity contribution in [1.82, 2.24) is 9.71 Å². The normalized spacial score (nSPS) is 15.8. The van der Waals surface area contributed by atoms with Crippen molar-refractivity contribution < 1.29 is 8.98 Å². The molecule has 0 spiro atoms. The van der Waals surface area contributed by atoms with Crippen molar-refractivity contribution >= 4 is 35.6 Å². The fourth-order valence-electron chi connectivity index (χ4n) is 2.07. The molecule has 0 fully saturated rings. The molecule has 0 amide bonds. The van der Waals surface area contributed by atoms with E-state index in [-0.39, 0.29) is 15.9 Å². The van der Waals surface area contributed by atoms with Gasteiger partial charge in [-0.05, 0) is 79.8 Å². The summed E-state index contributed by atoms with van der Waals surface area (Å²) in [5, 5.41) is 0.142. The highest BCUT2D eigenvalue weighted by molar-refractivity contribution is 9.10. The number of pyridine rings is 1. The van der Waals surface area contributed by atoms with E-state index in [9.17, 15) is 4.55 Å². The molecule has 0 aliphatic carbocycles. The lowest BCUT2D eigenvalue weighted by atomic mass is 10.1. The van der Waals surface area contributed by atoms with Crippen LogP contribution in [-0.4, -0.2) is 29.1 Å². The van der Waals surface area contributed by atoms with Gasteiger partial charge in [0.2, 0.25) is 0 Å². The molecule has 1 aromatic rings. The molecular weight excluding hydrogens is 428 g/mol. The molecule has 0 aromatic carbocycles. The van der Waals surface area contributed by atoms with Gasteiger partial charge in [-0.25, -0.2) is 4.98 Å². The van der Waals surface area contributed by atoms with Gasteiger partial charge in [-0.1, -0.05) is 26.8 Å². The van der Waals surface area contributed by atoms with E-state index in [1.807, 2.05) is 39.0 Å². The highest BCUT2D eigenvalue weighted by Gasteiger charge is 2.39. The summed E-state index contributed by atoms with van der Waals surface area (Å²) in [6, 6.07) is 5.96. The third-order valence-corrected chi connectivity index (χ3v) is 11.2. The van der Waals surface area contributed by atoms with Gasteiger partial charge >= 0.3 is 0 Å². The molecule has 0 saturated carbocycles. The van der Waals surface area contributed by atoms with Crippen LogP contribution in [-0.2, 0) is 15.8 Å². The van der Waals surface area contributed by atoms with E-state index < -0.39 is 19.7 Å². The van der Waals surface area contributed by atoms with Crippen LogP contribution in [0.1, 0.15) is 66.2 Å². The van der Waals surface area contributed by atoms with E-state index in [0.29, 0.717) is 6.54 Å². The summed E-state index contributed by atoms with van der Waals surface area (Å²) < 4.78 is 22.5. The Morgan fingerprint density at radius 1 is 1.23 bits per heavy atom. The number of nitrogens with one attached hydrogen (secondary N) is 1. The van der Waals surface area contributed by atoms with E-state index in [0.717, 1.165) is 23.1 Å². The molecule has 1 unspecified atom stereocenters. The largest absolute Gasteiger partial charge is 0.598 e. The minimum absolute atomic E-state index is 0.0433. The third-order valence-electron chi connectivity index (χ3n) is 4.74. The Labute approximate surface area is 172 Å². The molecule has 26 heavy (non-hydrogen) atoms. The van der Waals surface area contributed by atoms with Gasteiger partial charge in [-0.15, -0.1) is 4.72 Å². The summed E-state index contributed by atoms with van der Waals surface area (Å²) in [5.41, 5.74) is 0.959. The maximum atomic E-state index is 12.1. The molecule has 1 aromatic heterocycles. The second kappa shape index (κ2) is 9.52. The van der Waals surface area contributed by atoms with Gasteiger partial charge in [0.1, 0.15) is 9.35 Å². The van der Waals surface area contributed by atoms with Crippen LogP contribution in [0.5, 0.6) is 0 Å². The minimum Gasteiger partial charge on any atom is -0.598 e. The summed E-state index contributed by atoms with van der Waals surface area (Å²) in [5.74, 6) is 0. The summed E-state index contributed by atoms with van der Waals surface area (Å²) in [7, 11) is -1.92. The first-order valence-electron chi connectivity index (χ1n) is 9.20. The molecule has 0 saturated heterocycles. The zero-order valence-corrected chi connectivity index (χ0v) is 20.9. The number of hydrogen-bond donors (Lipinski definition) is 1. The van der Waals surface area contributed by atoms with Crippen molar-refractivity contribution in [2.45, 2.75) is 83.4 Å². The van der Waals surface area contributed by atoms with Crippen LogP contribution < -0.4 is 4.72 Å². The second-order valence-electron chi connectivity index (χ2n) is 9.17. The van der Waals surface area contributed by atoms with Gasteiger partial charge in [0, 0.05) is 17.9 Å². The summed E-state index contributed by atoms with van der Waals surface area (Å²) in [6.07, 6.45) is 1.69. The van der Waals surface area contributed by atoms with Crippen LogP contribution in [0.25, 0.3) is 0 Å². The van der Waals surface area contributed by atoms with E-state index in [2.05, 4.69) is 59.5 Å². The Bertz CT molecular complexity index is 573. The first kappa shape index (κ1) is 24.1. The standard InChI is InChI=1S/C19H35BrN2O2SSi/c1-18(2,3)25(23)21-14-10-12-16(15-11-9-13-17(20)22-15)24-26(7,8)19(4,5)6/h9,11,13,16,21H,10,12,14H2,1-8H3/t16-,25?/m0/s1. The molecule has 0 radical (unpaired) electrons. The predicted molar refractivity (Wildman–Crippen MR) is 118 cm³/mol. The number of hydrogen-bond acceptors (Lipinski definition) is 4. The monoisotopic (exact) mass is 462 g/mol.